The van der Waals surface area contributed by atoms with Crippen LogP contribution in [0.5, 0.6) is 0 Å². The molecular weight excluding hydrogens is 392 g/mol. The first-order chi connectivity index (χ1) is 13.5. The van der Waals surface area contributed by atoms with Gasteiger partial charge in [0.25, 0.3) is 0 Å². The van der Waals surface area contributed by atoms with E-state index in [4.69, 9.17) is 8.85 Å². The van der Waals surface area contributed by atoms with Crippen LogP contribution in [0.1, 0.15) is 100 Å². The van der Waals surface area contributed by atoms with Crippen LogP contribution in [0.3, 0.4) is 0 Å². The zero-order valence-electron chi connectivity index (χ0n) is 20.6. The van der Waals surface area contributed by atoms with Gasteiger partial charge >= 0.3 is 0 Å². The van der Waals surface area contributed by atoms with Crippen LogP contribution in [-0.4, -0.2) is 38.0 Å². The highest BCUT2D eigenvalue weighted by atomic mass is 28.2. The van der Waals surface area contributed by atoms with Gasteiger partial charge in [-0.3, -0.25) is 4.79 Å². The monoisotopic (exact) mass is 440 g/mol. The molecule has 0 saturated heterocycles. The Morgan fingerprint density at radius 1 is 0.931 bits per heavy atom. The van der Waals surface area contributed by atoms with Crippen molar-refractivity contribution in [3.05, 3.63) is 11.6 Å². The molecule has 0 spiro atoms. The molecule has 1 atom stereocenters. The second-order valence-electron chi connectivity index (χ2n) is 11.0. The van der Waals surface area contributed by atoms with E-state index in [0.717, 1.165) is 13.0 Å². The van der Waals surface area contributed by atoms with Crippen LogP contribution in [0.25, 0.3) is 0 Å². The Hall–Kier alpha value is -0.236. The Labute approximate surface area is 185 Å². The summed E-state index contributed by atoms with van der Waals surface area (Å²) in [5, 5.41) is 0.685. The molecule has 0 bridgehead atoms. The van der Waals surface area contributed by atoms with Crippen LogP contribution in [0.15, 0.2) is 11.6 Å². The fraction of sp³-hybridized carbons (Fsp3) is 0.875. The van der Waals surface area contributed by atoms with Crippen LogP contribution in [0.2, 0.25) is 10.1 Å². The normalized spacial score (nSPS) is 19.0. The molecule has 0 saturated carbocycles. The zero-order valence-corrected chi connectivity index (χ0v) is 23.4. The predicted molar refractivity (Wildman–Crippen MR) is 131 cm³/mol. The van der Waals surface area contributed by atoms with Gasteiger partial charge in [0.2, 0.25) is 0 Å². The van der Waals surface area contributed by atoms with Crippen molar-refractivity contribution in [1.29, 1.82) is 0 Å². The number of rotatable bonds is 15. The number of carbonyl (C=O) groups excluding carboxylic acids is 1. The molecule has 1 rings (SSSR count). The molecule has 0 aromatic heterocycles. The maximum absolute atomic E-state index is 11.9. The number of ketones is 1. The first-order valence-electron chi connectivity index (χ1n) is 11.9. The van der Waals surface area contributed by atoms with Crippen LogP contribution in [0, 0.1) is 11.8 Å². The second-order valence-corrected chi connectivity index (χ2v) is 16.0. The Morgan fingerprint density at radius 2 is 1.48 bits per heavy atom. The van der Waals surface area contributed by atoms with Crippen LogP contribution >= 0.6 is 0 Å². The summed E-state index contributed by atoms with van der Waals surface area (Å²) in [6.07, 6.45) is 9.66. The molecule has 0 heterocycles. The Kier molecular flexibility index (Phi) is 11.6. The van der Waals surface area contributed by atoms with E-state index in [2.05, 4.69) is 55.4 Å². The highest BCUT2D eigenvalue weighted by Gasteiger charge is 2.29. The summed E-state index contributed by atoms with van der Waals surface area (Å²) in [5.41, 5.74) is 1.26. The smallest absolute Gasteiger partial charge is 0.168 e. The van der Waals surface area contributed by atoms with Crippen LogP contribution < -0.4 is 0 Å². The SMILES string of the molecule is CC(C)C(C)(C)[SiH2]OCCCCCCCC1=CC(=O)C[C@@H]1O[SiH2]C(C)(C)C(C)C. The molecule has 0 radical (unpaired) electrons. The predicted octanol–water partition coefficient (Wildman–Crippen LogP) is 5.50. The summed E-state index contributed by atoms with van der Waals surface area (Å²) in [5.74, 6) is 1.59. The highest BCUT2D eigenvalue weighted by molar-refractivity contribution is 6.32. The van der Waals surface area contributed by atoms with E-state index in [1.165, 1.54) is 37.7 Å². The second kappa shape index (κ2) is 12.6. The van der Waals surface area contributed by atoms with E-state index >= 15 is 0 Å². The third kappa shape index (κ3) is 10.1. The zero-order chi connectivity index (χ0) is 22.1. The lowest BCUT2D eigenvalue weighted by atomic mass is 9.99. The van der Waals surface area contributed by atoms with E-state index in [9.17, 15) is 4.79 Å². The summed E-state index contributed by atoms with van der Waals surface area (Å²) in [6, 6.07) is 0. The Morgan fingerprint density at radius 3 is 2.10 bits per heavy atom. The molecule has 0 amide bonds. The minimum atomic E-state index is -0.656. The van der Waals surface area contributed by atoms with Gasteiger partial charge in [0.15, 0.2) is 25.3 Å². The fourth-order valence-electron chi connectivity index (χ4n) is 3.12. The summed E-state index contributed by atoms with van der Waals surface area (Å²) < 4.78 is 12.3. The molecule has 0 fully saturated rings. The van der Waals surface area contributed by atoms with Gasteiger partial charge in [-0.05, 0) is 52.8 Å². The standard InChI is InChI=1S/C24H48O3Si2/c1-18(2)23(5,6)28-26-15-13-11-9-10-12-14-20-16-21(25)17-22(20)27-29-24(7,8)19(3)4/h16,18-19,22H,9-15,17,28-29H2,1-8H3/t22-/m0/s1. The van der Waals surface area contributed by atoms with E-state index in [-0.39, 0.29) is 16.9 Å². The first-order valence-corrected chi connectivity index (χ1v) is 14.5. The van der Waals surface area contributed by atoms with Gasteiger partial charge < -0.3 is 8.85 Å². The Balaban J connectivity index is 2.16. The van der Waals surface area contributed by atoms with Gasteiger partial charge in [-0.25, -0.2) is 0 Å². The summed E-state index contributed by atoms with van der Waals surface area (Å²) in [7, 11) is -1.10. The molecule has 0 unspecified atom stereocenters. The maximum Gasteiger partial charge on any atom is 0.168 e. The molecule has 0 aromatic rings. The van der Waals surface area contributed by atoms with Gasteiger partial charge in [0.05, 0.1) is 6.10 Å². The van der Waals surface area contributed by atoms with E-state index in [1.807, 2.05) is 6.08 Å². The van der Waals surface area contributed by atoms with Gasteiger partial charge in [-0.15, -0.1) is 0 Å². The van der Waals surface area contributed by atoms with E-state index in [1.54, 1.807) is 0 Å². The van der Waals surface area contributed by atoms with Crippen molar-refractivity contribution in [2.24, 2.45) is 11.8 Å². The number of allylic oxidation sites excluding steroid dienone is 1. The molecule has 0 aromatic carbocycles. The van der Waals surface area contributed by atoms with Crippen molar-refractivity contribution in [2.45, 2.75) is 117 Å². The topological polar surface area (TPSA) is 35.5 Å². The van der Waals surface area contributed by atoms with Crippen molar-refractivity contribution < 1.29 is 13.6 Å². The van der Waals surface area contributed by atoms with Gasteiger partial charge in [0, 0.05) is 13.0 Å². The molecular formula is C24H48O3Si2. The molecule has 29 heavy (non-hydrogen) atoms. The minimum absolute atomic E-state index is 0.0786. The lowest BCUT2D eigenvalue weighted by Crippen LogP contribution is -2.27. The van der Waals surface area contributed by atoms with Gasteiger partial charge in [0.1, 0.15) is 0 Å². The van der Waals surface area contributed by atoms with Crippen molar-refractivity contribution in [2.75, 3.05) is 6.61 Å². The Bertz CT molecular complexity index is 524. The quantitative estimate of drug-likeness (QED) is 0.249. The highest BCUT2D eigenvalue weighted by Crippen LogP contribution is 2.35. The lowest BCUT2D eigenvalue weighted by molar-refractivity contribution is -0.114. The summed E-state index contributed by atoms with van der Waals surface area (Å²) in [4.78, 5) is 11.9. The third-order valence-corrected chi connectivity index (χ3v) is 11.3. The molecule has 0 N–H and O–H groups in total. The molecule has 5 heteroatoms. The van der Waals surface area contributed by atoms with Crippen molar-refractivity contribution in [3.8, 4) is 0 Å². The van der Waals surface area contributed by atoms with Crippen LogP contribution in [-0.2, 0) is 13.6 Å². The lowest BCUT2D eigenvalue weighted by Gasteiger charge is -2.30. The molecule has 1 aliphatic rings. The number of carbonyl (C=O) groups is 1. The van der Waals surface area contributed by atoms with Crippen molar-refractivity contribution in [1.82, 2.24) is 0 Å². The maximum atomic E-state index is 11.9. The van der Waals surface area contributed by atoms with Crippen molar-refractivity contribution >= 4 is 25.3 Å². The first kappa shape index (κ1) is 26.8. The van der Waals surface area contributed by atoms with Crippen LogP contribution in [0.4, 0.5) is 0 Å². The van der Waals surface area contributed by atoms with E-state index < -0.39 is 19.5 Å². The minimum Gasteiger partial charge on any atom is -0.423 e. The molecule has 1 aliphatic carbocycles. The fourth-order valence-corrected chi connectivity index (χ4v) is 5.62. The van der Waals surface area contributed by atoms with Crippen molar-refractivity contribution in [3.63, 3.8) is 0 Å². The number of hydrogen-bond acceptors (Lipinski definition) is 3. The summed E-state index contributed by atoms with van der Waals surface area (Å²) in [6.45, 7) is 19.4. The average molecular weight is 441 g/mol. The average Bonchev–Trinajstić information content (AvgIpc) is 2.98. The molecule has 0 aliphatic heterocycles. The largest absolute Gasteiger partial charge is 0.423 e. The number of hydrogen-bond donors (Lipinski definition) is 0. The molecule has 170 valence electrons. The van der Waals surface area contributed by atoms with E-state index in [0.29, 0.717) is 23.3 Å². The summed E-state index contributed by atoms with van der Waals surface area (Å²) >= 11 is 0. The van der Waals surface area contributed by atoms with Gasteiger partial charge in [-0.1, -0.05) is 74.7 Å². The number of unbranched alkanes of at least 4 members (excludes halogenated alkanes) is 4. The third-order valence-electron chi connectivity index (χ3n) is 7.16. The van der Waals surface area contributed by atoms with Gasteiger partial charge in [-0.2, -0.15) is 0 Å². The molecule has 3 nitrogen and oxygen atoms in total.